The molecular formula is C19H23N3O. The number of pyridine rings is 1. The second-order valence-electron chi connectivity index (χ2n) is 6.44. The van der Waals surface area contributed by atoms with Crippen LogP contribution in [0.15, 0.2) is 48.7 Å². The van der Waals surface area contributed by atoms with E-state index in [-0.39, 0.29) is 11.6 Å². The zero-order valence-electron chi connectivity index (χ0n) is 13.7. The Hall–Kier alpha value is -2.36. The highest BCUT2D eigenvalue weighted by molar-refractivity contribution is 5.75. The summed E-state index contributed by atoms with van der Waals surface area (Å²) in [4.78, 5) is 19.0. The Bertz CT molecular complexity index is 682. The van der Waals surface area contributed by atoms with Crippen LogP contribution in [0, 0.1) is 0 Å². The highest BCUT2D eigenvalue weighted by Crippen LogP contribution is 2.33. The van der Waals surface area contributed by atoms with E-state index in [1.54, 1.807) is 6.20 Å². The van der Waals surface area contributed by atoms with Crippen molar-refractivity contribution in [3.63, 3.8) is 0 Å². The van der Waals surface area contributed by atoms with Gasteiger partial charge in [-0.05, 0) is 43.9 Å². The molecule has 1 aromatic carbocycles. The summed E-state index contributed by atoms with van der Waals surface area (Å²) in [6.07, 6.45) is 3.51. The number of rotatable bonds is 3. The first-order valence-electron chi connectivity index (χ1n) is 8.13. The van der Waals surface area contributed by atoms with Gasteiger partial charge < -0.3 is 10.2 Å². The Kier molecular flexibility index (Phi) is 4.33. The lowest BCUT2D eigenvalue weighted by Gasteiger charge is -2.42. The minimum absolute atomic E-state index is 0.0118. The zero-order valence-corrected chi connectivity index (χ0v) is 13.7. The molecule has 1 aromatic heterocycles. The van der Waals surface area contributed by atoms with Crippen LogP contribution in [0.3, 0.4) is 0 Å². The fourth-order valence-corrected chi connectivity index (χ4v) is 3.24. The standard InChI is InChI=1S/C19H23N3O/c1-19(2)17-16(9-6-12-20-17)11-14-22(19)18(23)21-13-10-15-7-4-3-5-8-15/h3-9,12H,10-11,13-14H2,1-2H3,(H,21,23). The quantitative estimate of drug-likeness (QED) is 0.947. The third-order valence-electron chi connectivity index (χ3n) is 4.53. The first kappa shape index (κ1) is 15.5. The normalized spacial score (nSPS) is 15.8. The SMILES string of the molecule is CC1(C)c2ncccc2CCN1C(=O)NCCc1ccccc1. The molecule has 0 fully saturated rings. The molecule has 1 aliphatic rings. The molecule has 120 valence electrons. The van der Waals surface area contributed by atoms with E-state index in [1.165, 1.54) is 11.1 Å². The van der Waals surface area contributed by atoms with E-state index in [9.17, 15) is 4.79 Å². The second kappa shape index (κ2) is 6.41. The van der Waals surface area contributed by atoms with E-state index in [0.717, 1.165) is 25.1 Å². The van der Waals surface area contributed by atoms with Gasteiger partial charge in [0.1, 0.15) is 0 Å². The lowest BCUT2D eigenvalue weighted by atomic mass is 9.88. The van der Waals surface area contributed by atoms with E-state index in [1.807, 2.05) is 29.2 Å². The molecule has 0 unspecified atom stereocenters. The minimum atomic E-state index is -0.383. The number of benzene rings is 1. The highest BCUT2D eigenvalue weighted by Gasteiger charge is 2.38. The molecule has 0 atom stereocenters. The largest absolute Gasteiger partial charge is 0.338 e. The van der Waals surface area contributed by atoms with Crippen LogP contribution in [-0.2, 0) is 18.4 Å². The van der Waals surface area contributed by atoms with Crippen molar-refractivity contribution < 1.29 is 4.79 Å². The van der Waals surface area contributed by atoms with Gasteiger partial charge in [-0.3, -0.25) is 4.98 Å². The fourth-order valence-electron chi connectivity index (χ4n) is 3.24. The van der Waals surface area contributed by atoms with Gasteiger partial charge in [0.25, 0.3) is 0 Å². The number of nitrogens with one attached hydrogen (secondary N) is 1. The van der Waals surface area contributed by atoms with Crippen molar-refractivity contribution in [2.45, 2.75) is 32.2 Å². The summed E-state index contributed by atoms with van der Waals surface area (Å²) >= 11 is 0. The summed E-state index contributed by atoms with van der Waals surface area (Å²) in [5, 5.41) is 3.05. The Labute approximate surface area is 137 Å². The van der Waals surface area contributed by atoms with E-state index in [4.69, 9.17) is 0 Å². The lowest BCUT2D eigenvalue weighted by molar-refractivity contribution is 0.123. The van der Waals surface area contributed by atoms with E-state index >= 15 is 0 Å². The van der Waals surface area contributed by atoms with Gasteiger partial charge in [-0.15, -0.1) is 0 Å². The average Bonchev–Trinajstić information content (AvgIpc) is 2.56. The van der Waals surface area contributed by atoms with Crippen molar-refractivity contribution in [2.24, 2.45) is 0 Å². The Balaban J connectivity index is 1.64. The molecule has 0 bridgehead atoms. The summed E-state index contributed by atoms with van der Waals surface area (Å²) in [5.74, 6) is 0. The number of hydrogen-bond acceptors (Lipinski definition) is 2. The molecule has 4 heteroatoms. The van der Waals surface area contributed by atoms with Crippen molar-refractivity contribution >= 4 is 6.03 Å². The number of nitrogens with zero attached hydrogens (tertiary/aromatic N) is 2. The van der Waals surface area contributed by atoms with Crippen LogP contribution in [0.2, 0.25) is 0 Å². The van der Waals surface area contributed by atoms with Gasteiger partial charge in [0.05, 0.1) is 11.2 Å². The van der Waals surface area contributed by atoms with E-state index < -0.39 is 0 Å². The minimum Gasteiger partial charge on any atom is -0.338 e. The van der Waals surface area contributed by atoms with Crippen LogP contribution in [0.5, 0.6) is 0 Å². The molecule has 0 aliphatic carbocycles. The molecule has 1 aliphatic heterocycles. The topological polar surface area (TPSA) is 45.2 Å². The predicted octanol–water partition coefficient (Wildman–Crippen LogP) is 3.13. The number of urea groups is 1. The maximum Gasteiger partial charge on any atom is 0.318 e. The van der Waals surface area contributed by atoms with Crippen LogP contribution in [0.1, 0.15) is 30.7 Å². The van der Waals surface area contributed by atoms with Crippen LogP contribution in [0.4, 0.5) is 4.79 Å². The number of aromatic nitrogens is 1. The lowest BCUT2D eigenvalue weighted by Crippen LogP contribution is -2.54. The van der Waals surface area contributed by atoms with Crippen molar-refractivity contribution in [1.82, 2.24) is 15.2 Å². The summed E-state index contributed by atoms with van der Waals surface area (Å²) < 4.78 is 0. The Morgan fingerprint density at radius 2 is 2.00 bits per heavy atom. The van der Waals surface area contributed by atoms with Crippen molar-refractivity contribution in [2.75, 3.05) is 13.1 Å². The number of fused-ring (bicyclic) bond motifs is 1. The van der Waals surface area contributed by atoms with Crippen LogP contribution < -0.4 is 5.32 Å². The monoisotopic (exact) mass is 309 g/mol. The van der Waals surface area contributed by atoms with E-state index in [2.05, 4.69) is 42.3 Å². The molecule has 23 heavy (non-hydrogen) atoms. The van der Waals surface area contributed by atoms with Gasteiger partial charge in [0, 0.05) is 19.3 Å². The van der Waals surface area contributed by atoms with Gasteiger partial charge >= 0.3 is 6.03 Å². The van der Waals surface area contributed by atoms with Gasteiger partial charge in [0.15, 0.2) is 0 Å². The Morgan fingerprint density at radius 1 is 1.22 bits per heavy atom. The van der Waals surface area contributed by atoms with Gasteiger partial charge in [-0.1, -0.05) is 36.4 Å². The molecule has 0 radical (unpaired) electrons. The first-order valence-corrected chi connectivity index (χ1v) is 8.13. The third kappa shape index (κ3) is 3.21. The van der Waals surface area contributed by atoms with Crippen molar-refractivity contribution in [3.05, 3.63) is 65.5 Å². The molecule has 0 saturated heterocycles. The number of hydrogen-bond donors (Lipinski definition) is 1. The zero-order chi connectivity index (χ0) is 16.3. The maximum absolute atomic E-state index is 12.6. The van der Waals surface area contributed by atoms with Gasteiger partial charge in [-0.25, -0.2) is 4.79 Å². The molecular weight excluding hydrogens is 286 g/mol. The fraction of sp³-hybridized carbons (Fsp3) is 0.368. The molecule has 4 nitrogen and oxygen atoms in total. The summed E-state index contributed by atoms with van der Waals surface area (Å²) in [6.45, 7) is 5.50. The number of carbonyl (C=O) groups excluding carboxylic acids is 1. The van der Waals surface area contributed by atoms with Crippen molar-refractivity contribution in [3.8, 4) is 0 Å². The molecule has 2 heterocycles. The molecule has 0 spiro atoms. The molecule has 0 saturated carbocycles. The van der Waals surface area contributed by atoms with E-state index in [0.29, 0.717) is 6.54 Å². The van der Waals surface area contributed by atoms with Crippen LogP contribution >= 0.6 is 0 Å². The van der Waals surface area contributed by atoms with Gasteiger partial charge in [0.2, 0.25) is 0 Å². The van der Waals surface area contributed by atoms with Crippen LogP contribution in [0.25, 0.3) is 0 Å². The molecule has 2 aromatic rings. The maximum atomic E-state index is 12.6. The average molecular weight is 309 g/mol. The number of amides is 2. The summed E-state index contributed by atoms with van der Waals surface area (Å²) in [5.41, 5.74) is 3.10. The summed E-state index contributed by atoms with van der Waals surface area (Å²) in [6, 6.07) is 14.3. The number of carbonyl (C=O) groups is 1. The molecule has 1 N–H and O–H groups in total. The second-order valence-corrected chi connectivity index (χ2v) is 6.44. The first-order chi connectivity index (χ1) is 11.1. The molecule has 2 amide bonds. The van der Waals surface area contributed by atoms with Crippen LogP contribution in [-0.4, -0.2) is 29.0 Å². The smallest absolute Gasteiger partial charge is 0.318 e. The Morgan fingerprint density at radius 3 is 2.78 bits per heavy atom. The highest BCUT2D eigenvalue weighted by atomic mass is 16.2. The van der Waals surface area contributed by atoms with Gasteiger partial charge in [-0.2, -0.15) is 0 Å². The third-order valence-corrected chi connectivity index (χ3v) is 4.53. The summed E-state index contributed by atoms with van der Waals surface area (Å²) in [7, 11) is 0. The predicted molar refractivity (Wildman–Crippen MR) is 91.2 cm³/mol. The molecule has 3 rings (SSSR count). The van der Waals surface area contributed by atoms with Crippen molar-refractivity contribution in [1.29, 1.82) is 0 Å².